The van der Waals surface area contributed by atoms with Crippen molar-refractivity contribution in [3.63, 3.8) is 0 Å². The summed E-state index contributed by atoms with van der Waals surface area (Å²) in [5.74, 6) is -2.04. The van der Waals surface area contributed by atoms with Gasteiger partial charge in [-0.1, -0.05) is 12.1 Å². The lowest BCUT2D eigenvalue weighted by Gasteiger charge is -2.08. The largest absolute Gasteiger partial charge is 0.366 e. The summed E-state index contributed by atoms with van der Waals surface area (Å²) in [4.78, 5) is 38.1. The molecule has 0 bridgehead atoms. The molecule has 0 aliphatic carbocycles. The number of aromatic nitrogens is 1. The molecule has 3 rings (SSSR count). The number of amides is 2. The van der Waals surface area contributed by atoms with E-state index in [1.54, 1.807) is 18.2 Å². The van der Waals surface area contributed by atoms with Gasteiger partial charge < -0.3 is 11.1 Å². The van der Waals surface area contributed by atoms with Gasteiger partial charge in [-0.3, -0.25) is 24.7 Å². The van der Waals surface area contributed by atoms with E-state index in [9.17, 15) is 24.1 Å². The van der Waals surface area contributed by atoms with Crippen LogP contribution in [0.3, 0.4) is 0 Å². The van der Waals surface area contributed by atoms with Crippen molar-refractivity contribution in [1.82, 2.24) is 4.98 Å². The predicted octanol–water partition coefficient (Wildman–Crippen LogP) is 3.15. The van der Waals surface area contributed by atoms with E-state index >= 15 is 0 Å². The number of rotatable bonds is 5. The van der Waals surface area contributed by atoms with Gasteiger partial charge in [-0.25, -0.2) is 4.39 Å². The number of nitro groups is 1. The summed E-state index contributed by atoms with van der Waals surface area (Å²) in [6.07, 6.45) is 1.31. The number of primary amides is 1. The second kappa shape index (κ2) is 7.62. The third-order valence-electron chi connectivity index (χ3n) is 3.89. The van der Waals surface area contributed by atoms with Crippen LogP contribution in [0.1, 0.15) is 20.7 Å². The van der Waals surface area contributed by atoms with Gasteiger partial charge in [-0.05, 0) is 36.4 Å². The molecule has 1 heterocycles. The summed E-state index contributed by atoms with van der Waals surface area (Å²) < 4.78 is 13.8. The highest BCUT2D eigenvalue weighted by atomic mass is 19.1. The average Bonchev–Trinajstić information content (AvgIpc) is 2.68. The minimum absolute atomic E-state index is 0.0841. The summed E-state index contributed by atoms with van der Waals surface area (Å²) in [6.45, 7) is 0. The van der Waals surface area contributed by atoms with E-state index in [1.807, 2.05) is 0 Å². The Morgan fingerprint density at radius 1 is 1.11 bits per heavy atom. The van der Waals surface area contributed by atoms with Crippen LogP contribution in [0, 0.1) is 15.9 Å². The minimum atomic E-state index is -0.844. The van der Waals surface area contributed by atoms with Gasteiger partial charge in [0.1, 0.15) is 11.4 Å². The van der Waals surface area contributed by atoms with Crippen LogP contribution in [0.15, 0.2) is 60.8 Å². The van der Waals surface area contributed by atoms with Crippen LogP contribution in [0.2, 0.25) is 0 Å². The van der Waals surface area contributed by atoms with E-state index in [4.69, 9.17) is 5.73 Å². The molecule has 3 N–H and O–H groups in total. The Labute approximate surface area is 158 Å². The molecule has 8 nitrogen and oxygen atoms in total. The van der Waals surface area contributed by atoms with E-state index in [0.717, 1.165) is 12.1 Å². The fraction of sp³-hybridized carbons (Fsp3) is 0. The van der Waals surface area contributed by atoms with Crippen LogP contribution < -0.4 is 11.1 Å². The van der Waals surface area contributed by atoms with E-state index in [-0.39, 0.29) is 16.8 Å². The van der Waals surface area contributed by atoms with Crippen molar-refractivity contribution in [2.75, 3.05) is 5.32 Å². The first kappa shape index (κ1) is 18.6. The molecule has 28 heavy (non-hydrogen) atoms. The van der Waals surface area contributed by atoms with Crippen molar-refractivity contribution >= 4 is 23.2 Å². The maximum atomic E-state index is 13.8. The molecule has 0 spiro atoms. The summed E-state index contributed by atoms with van der Waals surface area (Å²) in [5, 5.41) is 13.7. The maximum absolute atomic E-state index is 13.8. The number of carbonyl (C=O) groups is 2. The van der Waals surface area contributed by atoms with E-state index < -0.39 is 28.2 Å². The zero-order chi connectivity index (χ0) is 20.3. The van der Waals surface area contributed by atoms with Crippen molar-refractivity contribution in [3.05, 3.63) is 87.9 Å². The molecule has 1 aromatic heterocycles. The quantitative estimate of drug-likeness (QED) is 0.519. The molecule has 0 aliphatic heterocycles. The number of nitro benzene ring substituents is 1. The Morgan fingerprint density at radius 2 is 1.86 bits per heavy atom. The molecule has 9 heteroatoms. The monoisotopic (exact) mass is 380 g/mol. The number of nitrogens with one attached hydrogen (secondary N) is 1. The lowest BCUT2D eigenvalue weighted by molar-refractivity contribution is -0.385. The summed E-state index contributed by atoms with van der Waals surface area (Å²) in [6, 6.07) is 12.4. The van der Waals surface area contributed by atoms with Crippen LogP contribution in [0.5, 0.6) is 0 Å². The highest BCUT2D eigenvalue weighted by Gasteiger charge is 2.22. The minimum Gasteiger partial charge on any atom is -0.366 e. The van der Waals surface area contributed by atoms with Crippen molar-refractivity contribution in [3.8, 4) is 11.3 Å². The topological polar surface area (TPSA) is 128 Å². The van der Waals surface area contributed by atoms with E-state index in [0.29, 0.717) is 11.3 Å². The zero-order valence-electron chi connectivity index (χ0n) is 14.3. The molecule has 0 atom stereocenters. The fourth-order valence-corrected chi connectivity index (χ4v) is 2.52. The number of pyridine rings is 1. The molecule has 0 fully saturated rings. The number of hydrogen-bond acceptors (Lipinski definition) is 5. The Morgan fingerprint density at radius 3 is 2.46 bits per heavy atom. The van der Waals surface area contributed by atoms with Gasteiger partial charge in [0.2, 0.25) is 5.91 Å². The SMILES string of the molecule is NC(=O)c1ccc(C(=O)Nc2ccc(-c3ccccc3F)nc2)c([N+](=O)[O-])c1. The van der Waals surface area contributed by atoms with Crippen LogP contribution in [0.4, 0.5) is 15.8 Å². The number of nitrogens with zero attached hydrogens (tertiary/aromatic N) is 2. The van der Waals surface area contributed by atoms with Gasteiger partial charge in [0.15, 0.2) is 0 Å². The van der Waals surface area contributed by atoms with E-state index in [1.165, 1.54) is 30.5 Å². The molecule has 0 saturated heterocycles. The second-order valence-corrected chi connectivity index (χ2v) is 5.72. The number of carbonyl (C=O) groups excluding carboxylic acids is 2. The zero-order valence-corrected chi connectivity index (χ0v) is 14.3. The Balaban J connectivity index is 1.84. The Kier molecular flexibility index (Phi) is 5.07. The van der Waals surface area contributed by atoms with Gasteiger partial charge in [0, 0.05) is 17.2 Å². The standard InChI is InChI=1S/C19H13FN4O4/c20-15-4-2-1-3-13(15)16-8-6-12(10-22-16)23-19(26)14-7-5-11(18(21)25)9-17(14)24(27)28/h1-10H,(H2,21,25)(H,23,26). The summed E-state index contributed by atoms with van der Waals surface area (Å²) in [7, 11) is 0. The number of halogens is 1. The molecular weight excluding hydrogens is 367 g/mol. The molecule has 0 radical (unpaired) electrons. The second-order valence-electron chi connectivity index (χ2n) is 5.72. The summed E-state index contributed by atoms with van der Waals surface area (Å²) >= 11 is 0. The molecule has 0 aliphatic rings. The molecular formula is C19H13FN4O4. The van der Waals surface area contributed by atoms with E-state index in [2.05, 4.69) is 10.3 Å². The first-order chi connectivity index (χ1) is 13.4. The number of hydrogen-bond donors (Lipinski definition) is 2. The average molecular weight is 380 g/mol. The van der Waals surface area contributed by atoms with Gasteiger partial charge >= 0.3 is 0 Å². The first-order valence-corrected chi connectivity index (χ1v) is 7.97. The van der Waals surface area contributed by atoms with Gasteiger partial charge in [-0.2, -0.15) is 0 Å². The summed E-state index contributed by atoms with van der Waals surface area (Å²) in [5.41, 5.74) is 5.17. The molecule has 0 saturated carbocycles. The van der Waals surface area contributed by atoms with Gasteiger partial charge in [-0.15, -0.1) is 0 Å². The number of benzene rings is 2. The van der Waals surface area contributed by atoms with Gasteiger partial charge in [0.25, 0.3) is 11.6 Å². The third kappa shape index (κ3) is 3.83. The molecule has 3 aromatic rings. The predicted molar refractivity (Wildman–Crippen MR) is 99.2 cm³/mol. The van der Waals surface area contributed by atoms with Crippen molar-refractivity contribution in [2.45, 2.75) is 0 Å². The van der Waals surface area contributed by atoms with Crippen LogP contribution in [-0.2, 0) is 0 Å². The van der Waals surface area contributed by atoms with Crippen LogP contribution in [-0.4, -0.2) is 21.7 Å². The maximum Gasteiger partial charge on any atom is 0.282 e. The lowest BCUT2D eigenvalue weighted by Crippen LogP contribution is -2.16. The smallest absolute Gasteiger partial charge is 0.282 e. The highest BCUT2D eigenvalue weighted by Crippen LogP contribution is 2.24. The number of anilines is 1. The Bertz CT molecular complexity index is 1080. The highest BCUT2D eigenvalue weighted by molar-refractivity contribution is 6.08. The van der Waals surface area contributed by atoms with Crippen LogP contribution in [0.25, 0.3) is 11.3 Å². The number of nitrogens with two attached hydrogens (primary N) is 1. The van der Waals surface area contributed by atoms with Gasteiger partial charge in [0.05, 0.1) is 22.5 Å². The molecule has 140 valence electrons. The molecule has 2 aromatic carbocycles. The first-order valence-electron chi connectivity index (χ1n) is 7.97. The fourth-order valence-electron chi connectivity index (χ4n) is 2.52. The normalized spacial score (nSPS) is 10.3. The Hall–Kier alpha value is -4.14. The lowest BCUT2D eigenvalue weighted by atomic mass is 10.1. The third-order valence-corrected chi connectivity index (χ3v) is 3.89. The molecule has 2 amide bonds. The van der Waals surface area contributed by atoms with Crippen LogP contribution >= 0.6 is 0 Å². The van der Waals surface area contributed by atoms with Crippen molar-refractivity contribution in [2.24, 2.45) is 5.73 Å². The molecule has 0 unspecified atom stereocenters. The van der Waals surface area contributed by atoms with Crippen molar-refractivity contribution < 1.29 is 18.9 Å². The van der Waals surface area contributed by atoms with Crippen molar-refractivity contribution in [1.29, 1.82) is 0 Å².